The average molecular weight is 191 g/mol. The van der Waals surface area contributed by atoms with Gasteiger partial charge in [0.05, 0.1) is 0 Å². The van der Waals surface area contributed by atoms with Crippen LogP contribution in [0.25, 0.3) is 0 Å². The molecule has 1 aromatic rings. The topological polar surface area (TPSA) is 46.2 Å². The van der Waals surface area contributed by atoms with E-state index in [0.717, 1.165) is 11.1 Å². The second kappa shape index (κ2) is 2.74. The fraction of sp³-hybridized carbons (Fsp3) is 0.500. The van der Waals surface area contributed by atoms with Crippen molar-refractivity contribution in [2.24, 2.45) is 11.1 Å². The van der Waals surface area contributed by atoms with Crippen LogP contribution in [0.4, 0.5) is 0 Å². The number of hydrogen-bond acceptors (Lipinski definition) is 2. The van der Waals surface area contributed by atoms with E-state index in [0.29, 0.717) is 11.7 Å². The molecule has 1 aliphatic carbocycles. The molecule has 1 fully saturated rings. The monoisotopic (exact) mass is 191 g/mol. The summed E-state index contributed by atoms with van der Waals surface area (Å²) in [6.45, 7) is 6.23. The molecule has 0 saturated heterocycles. The molecule has 1 saturated carbocycles. The largest absolute Gasteiger partial charge is 0.508 e. The zero-order valence-electron chi connectivity index (χ0n) is 8.91. The van der Waals surface area contributed by atoms with Gasteiger partial charge in [0.15, 0.2) is 0 Å². The van der Waals surface area contributed by atoms with Gasteiger partial charge in [0.2, 0.25) is 0 Å². The first kappa shape index (κ1) is 9.53. The number of phenolic OH excluding ortho intramolecular Hbond substituents is 1. The third-order valence-electron chi connectivity index (χ3n) is 3.50. The first-order valence-corrected chi connectivity index (χ1v) is 4.99. The van der Waals surface area contributed by atoms with Gasteiger partial charge < -0.3 is 10.8 Å². The summed E-state index contributed by atoms with van der Waals surface area (Å²) < 4.78 is 0. The van der Waals surface area contributed by atoms with Crippen LogP contribution in [0.3, 0.4) is 0 Å². The third-order valence-corrected chi connectivity index (χ3v) is 3.50. The van der Waals surface area contributed by atoms with Crippen molar-refractivity contribution in [2.75, 3.05) is 0 Å². The van der Waals surface area contributed by atoms with Gasteiger partial charge in [-0.15, -0.1) is 0 Å². The predicted octanol–water partition coefficient (Wildman–Crippen LogP) is 2.15. The molecule has 0 spiro atoms. The second-order valence-corrected chi connectivity index (χ2v) is 4.87. The van der Waals surface area contributed by atoms with Crippen molar-refractivity contribution in [3.05, 3.63) is 29.3 Å². The molecule has 2 heteroatoms. The molecule has 0 bridgehead atoms. The number of phenols is 1. The van der Waals surface area contributed by atoms with Crippen molar-refractivity contribution in [2.45, 2.75) is 32.7 Å². The molecule has 3 N–H and O–H groups in total. The highest BCUT2D eigenvalue weighted by Crippen LogP contribution is 2.57. The van der Waals surface area contributed by atoms with Crippen LogP contribution in [0.15, 0.2) is 18.2 Å². The highest BCUT2D eigenvalue weighted by Gasteiger charge is 2.56. The lowest BCUT2D eigenvalue weighted by Crippen LogP contribution is -2.06. The smallest absolute Gasteiger partial charge is 0.118 e. The fourth-order valence-corrected chi connectivity index (χ4v) is 2.13. The molecule has 0 radical (unpaired) electrons. The van der Waals surface area contributed by atoms with E-state index in [4.69, 9.17) is 5.73 Å². The summed E-state index contributed by atoms with van der Waals surface area (Å²) in [6.07, 6.45) is 0. The summed E-state index contributed by atoms with van der Waals surface area (Å²) in [5.41, 5.74) is 8.24. The Kier molecular flexibility index (Phi) is 1.86. The molecule has 1 aliphatic rings. The van der Waals surface area contributed by atoms with Gasteiger partial charge in [-0.3, -0.25) is 0 Å². The lowest BCUT2D eigenvalue weighted by atomic mass is 10.0. The van der Waals surface area contributed by atoms with E-state index in [-0.39, 0.29) is 11.5 Å². The maximum atomic E-state index is 9.59. The molecule has 2 nitrogen and oxygen atoms in total. The fourth-order valence-electron chi connectivity index (χ4n) is 2.13. The normalized spacial score (nSPS) is 28.9. The molecule has 0 aromatic heterocycles. The van der Waals surface area contributed by atoms with E-state index in [1.165, 1.54) is 0 Å². The molecule has 2 rings (SSSR count). The Morgan fingerprint density at radius 2 is 1.93 bits per heavy atom. The van der Waals surface area contributed by atoms with Gasteiger partial charge in [0.25, 0.3) is 0 Å². The standard InChI is InChI=1S/C12H17NO/c1-7-4-5-8(6-9(7)14)10-11(13)12(10,2)3/h4-6,10-11,14H,13H2,1-3H3. The minimum Gasteiger partial charge on any atom is -0.508 e. The van der Waals surface area contributed by atoms with Crippen LogP contribution < -0.4 is 5.73 Å². The van der Waals surface area contributed by atoms with Crippen LogP contribution in [-0.2, 0) is 0 Å². The van der Waals surface area contributed by atoms with Gasteiger partial charge >= 0.3 is 0 Å². The number of aryl methyl sites for hydroxylation is 1. The Hall–Kier alpha value is -1.02. The Labute approximate surface area is 84.7 Å². The molecular formula is C12H17NO. The average Bonchev–Trinajstić information content (AvgIpc) is 2.58. The van der Waals surface area contributed by atoms with Crippen molar-refractivity contribution in [1.29, 1.82) is 0 Å². The summed E-state index contributed by atoms with van der Waals surface area (Å²) in [7, 11) is 0. The molecule has 0 aliphatic heterocycles. The zero-order valence-corrected chi connectivity index (χ0v) is 8.91. The van der Waals surface area contributed by atoms with E-state index in [2.05, 4.69) is 19.9 Å². The predicted molar refractivity (Wildman–Crippen MR) is 57.3 cm³/mol. The van der Waals surface area contributed by atoms with Gasteiger partial charge in [-0.25, -0.2) is 0 Å². The van der Waals surface area contributed by atoms with Gasteiger partial charge in [0.1, 0.15) is 5.75 Å². The summed E-state index contributed by atoms with van der Waals surface area (Å²) in [4.78, 5) is 0. The van der Waals surface area contributed by atoms with E-state index in [1.54, 1.807) is 0 Å². The highest BCUT2D eigenvalue weighted by atomic mass is 16.3. The maximum absolute atomic E-state index is 9.59. The van der Waals surface area contributed by atoms with Crippen molar-refractivity contribution in [1.82, 2.24) is 0 Å². The molecule has 0 amide bonds. The van der Waals surface area contributed by atoms with Gasteiger partial charge in [0, 0.05) is 12.0 Å². The van der Waals surface area contributed by atoms with Crippen LogP contribution in [0.2, 0.25) is 0 Å². The zero-order chi connectivity index (χ0) is 10.5. The summed E-state index contributed by atoms with van der Waals surface area (Å²) >= 11 is 0. The molecule has 0 heterocycles. The molecule has 2 unspecified atom stereocenters. The minimum absolute atomic E-state index is 0.182. The van der Waals surface area contributed by atoms with Crippen molar-refractivity contribution in [3.63, 3.8) is 0 Å². The minimum atomic E-state index is 0.182. The van der Waals surface area contributed by atoms with Gasteiger partial charge in [-0.1, -0.05) is 26.0 Å². The lowest BCUT2D eigenvalue weighted by molar-refractivity contribution is 0.470. The first-order chi connectivity index (χ1) is 6.44. The SMILES string of the molecule is Cc1ccc(C2C(N)C2(C)C)cc1O. The number of hydrogen-bond donors (Lipinski definition) is 2. The van der Waals surface area contributed by atoms with Crippen molar-refractivity contribution in [3.8, 4) is 5.75 Å². The Bertz CT molecular complexity index is 371. The molecule has 1 aromatic carbocycles. The van der Waals surface area contributed by atoms with E-state index < -0.39 is 0 Å². The van der Waals surface area contributed by atoms with Crippen LogP contribution >= 0.6 is 0 Å². The van der Waals surface area contributed by atoms with Gasteiger partial charge in [-0.05, 0) is 29.5 Å². The number of nitrogens with two attached hydrogens (primary N) is 1. The van der Waals surface area contributed by atoms with Crippen LogP contribution in [0.5, 0.6) is 5.75 Å². The van der Waals surface area contributed by atoms with Crippen molar-refractivity contribution >= 4 is 0 Å². The number of benzene rings is 1. The summed E-state index contributed by atoms with van der Waals surface area (Å²) in [5, 5.41) is 9.59. The molecule has 76 valence electrons. The molecular weight excluding hydrogens is 174 g/mol. The van der Waals surface area contributed by atoms with Crippen LogP contribution in [0.1, 0.15) is 30.9 Å². The lowest BCUT2D eigenvalue weighted by Gasteiger charge is -2.05. The Morgan fingerprint density at radius 3 is 2.36 bits per heavy atom. The first-order valence-electron chi connectivity index (χ1n) is 4.99. The molecule has 2 atom stereocenters. The van der Waals surface area contributed by atoms with Crippen LogP contribution in [-0.4, -0.2) is 11.1 Å². The maximum Gasteiger partial charge on any atom is 0.118 e. The highest BCUT2D eigenvalue weighted by molar-refractivity contribution is 5.42. The van der Waals surface area contributed by atoms with Crippen LogP contribution in [0, 0.1) is 12.3 Å². The molecule has 14 heavy (non-hydrogen) atoms. The van der Waals surface area contributed by atoms with E-state index in [1.807, 2.05) is 19.1 Å². The van der Waals surface area contributed by atoms with E-state index >= 15 is 0 Å². The van der Waals surface area contributed by atoms with Crippen molar-refractivity contribution < 1.29 is 5.11 Å². The second-order valence-electron chi connectivity index (χ2n) is 4.87. The summed E-state index contributed by atoms with van der Waals surface area (Å²) in [5.74, 6) is 0.770. The number of aromatic hydroxyl groups is 1. The Balaban J connectivity index is 2.32. The van der Waals surface area contributed by atoms with E-state index in [9.17, 15) is 5.11 Å². The van der Waals surface area contributed by atoms with Gasteiger partial charge in [-0.2, -0.15) is 0 Å². The quantitative estimate of drug-likeness (QED) is 0.714. The third kappa shape index (κ3) is 1.22. The number of rotatable bonds is 1. The Morgan fingerprint density at radius 1 is 1.36 bits per heavy atom. The summed E-state index contributed by atoms with van der Waals surface area (Å²) in [6, 6.07) is 6.08.